The molecule has 1 aliphatic carbocycles. The number of nitrogens with one attached hydrogen (secondary N) is 1. The molecule has 5 rings (SSSR count). The van der Waals surface area contributed by atoms with Gasteiger partial charge in [0, 0.05) is 32.6 Å². The number of carboxylic acid groups (broad SMARTS) is 1. The number of rotatable bonds is 10. The van der Waals surface area contributed by atoms with Crippen LogP contribution in [-0.4, -0.2) is 71.9 Å². The Kier molecular flexibility index (Phi) is 8.66. The lowest BCUT2D eigenvalue weighted by molar-refractivity contribution is -0.187. The van der Waals surface area contributed by atoms with E-state index in [0.29, 0.717) is 25.9 Å². The Morgan fingerprint density at radius 2 is 1.51 bits per heavy atom. The minimum atomic E-state index is -1.18. The maximum Gasteiger partial charge on any atom is 0.407 e. The Bertz CT molecular complexity index is 1340. The molecule has 2 amide bonds. The molecule has 0 atom stereocenters. The molecule has 0 unspecified atom stereocenters. The number of likely N-dealkylation sites (tertiary alicyclic amines) is 1. The standard InChI is InChI=1S/C32H35N3O6/c1-34(41-22-30(37)38)29(36)19-32(15-17-35(18-16-32)20-23-9-3-2-4-10-23)33-31(39)40-21-28-26-13-7-5-11-24(26)25-12-6-8-14-27(25)28/h2-14,28H,15-22H2,1H3,(H,33,39)(H,37,38). The van der Waals surface area contributed by atoms with Crippen molar-refractivity contribution in [1.82, 2.24) is 15.3 Å². The highest BCUT2D eigenvalue weighted by atomic mass is 16.7. The lowest BCUT2D eigenvalue weighted by Gasteiger charge is -2.42. The molecule has 1 saturated heterocycles. The summed E-state index contributed by atoms with van der Waals surface area (Å²) in [5.41, 5.74) is 4.88. The average Bonchev–Trinajstić information content (AvgIpc) is 3.30. The first-order chi connectivity index (χ1) is 19.8. The van der Waals surface area contributed by atoms with E-state index in [-0.39, 0.29) is 18.9 Å². The molecule has 9 nitrogen and oxygen atoms in total. The van der Waals surface area contributed by atoms with Gasteiger partial charge in [0.15, 0.2) is 6.61 Å². The van der Waals surface area contributed by atoms with Gasteiger partial charge in [-0.25, -0.2) is 14.7 Å². The molecule has 0 aromatic heterocycles. The van der Waals surface area contributed by atoms with Crippen molar-refractivity contribution >= 4 is 18.0 Å². The molecule has 0 radical (unpaired) electrons. The third kappa shape index (κ3) is 6.75. The number of fused-ring (bicyclic) bond motifs is 3. The summed E-state index contributed by atoms with van der Waals surface area (Å²) in [6, 6.07) is 26.5. The fraction of sp³-hybridized carbons (Fsp3) is 0.344. The first-order valence-corrected chi connectivity index (χ1v) is 13.8. The number of piperidine rings is 1. The fourth-order valence-corrected chi connectivity index (χ4v) is 5.80. The highest BCUT2D eigenvalue weighted by Gasteiger charge is 2.40. The Hall–Kier alpha value is -4.21. The van der Waals surface area contributed by atoms with Gasteiger partial charge < -0.3 is 15.2 Å². The molecule has 214 valence electrons. The van der Waals surface area contributed by atoms with E-state index < -0.39 is 30.1 Å². The quantitative estimate of drug-likeness (QED) is 0.355. The van der Waals surface area contributed by atoms with Crippen molar-refractivity contribution in [2.24, 2.45) is 0 Å². The van der Waals surface area contributed by atoms with Gasteiger partial charge in [-0.2, -0.15) is 0 Å². The lowest BCUT2D eigenvalue weighted by Crippen LogP contribution is -2.57. The maximum atomic E-state index is 13.3. The number of carbonyl (C=O) groups is 3. The van der Waals surface area contributed by atoms with Crippen LogP contribution in [0.25, 0.3) is 11.1 Å². The van der Waals surface area contributed by atoms with E-state index in [1.54, 1.807) is 0 Å². The van der Waals surface area contributed by atoms with Gasteiger partial charge in [-0.15, -0.1) is 0 Å². The summed E-state index contributed by atoms with van der Waals surface area (Å²) in [5.74, 6) is -1.67. The van der Waals surface area contributed by atoms with Crippen molar-refractivity contribution in [2.75, 3.05) is 33.4 Å². The fourth-order valence-electron chi connectivity index (χ4n) is 5.80. The predicted molar refractivity (Wildman–Crippen MR) is 153 cm³/mol. The van der Waals surface area contributed by atoms with Gasteiger partial charge in [0.2, 0.25) is 5.91 Å². The summed E-state index contributed by atoms with van der Waals surface area (Å²) in [4.78, 5) is 44.5. The number of ether oxygens (including phenoxy) is 1. The van der Waals surface area contributed by atoms with Crippen LogP contribution in [0.4, 0.5) is 4.79 Å². The zero-order valence-corrected chi connectivity index (χ0v) is 23.1. The Morgan fingerprint density at radius 3 is 2.12 bits per heavy atom. The largest absolute Gasteiger partial charge is 0.479 e. The highest BCUT2D eigenvalue weighted by Crippen LogP contribution is 2.44. The minimum absolute atomic E-state index is 0.0352. The lowest BCUT2D eigenvalue weighted by atomic mass is 9.84. The van der Waals surface area contributed by atoms with Gasteiger partial charge in [0.1, 0.15) is 6.61 Å². The predicted octanol–water partition coefficient (Wildman–Crippen LogP) is 4.42. The van der Waals surface area contributed by atoms with Gasteiger partial charge in [-0.1, -0.05) is 78.9 Å². The molecule has 0 spiro atoms. The minimum Gasteiger partial charge on any atom is -0.479 e. The van der Waals surface area contributed by atoms with Crippen molar-refractivity contribution in [3.63, 3.8) is 0 Å². The second-order valence-electron chi connectivity index (χ2n) is 10.7. The highest BCUT2D eigenvalue weighted by molar-refractivity contribution is 5.80. The first kappa shape index (κ1) is 28.3. The van der Waals surface area contributed by atoms with Crippen LogP contribution in [0.15, 0.2) is 78.9 Å². The maximum absolute atomic E-state index is 13.3. The molecule has 2 aliphatic rings. The van der Waals surface area contributed by atoms with Crippen LogP contribution in [-0.2, 0) is 25.7 Å². The van der Waals surface area contributed by atoms with Crippen molar-refractivity contribution < 1.29 is 29.1 Å². The smallest absolute Gasteiger partial charge is 0.407 e. The zero-order chi connectivity index (χ0) is 28.8. The third-order valence-electron chi connectivity index (χ3n) is 8.00. The van der Waals surface area contributed by atoms with Crippen molar-refractivity contribution in [2.45, 2.75) is 37.3 Å². The molecule has 0 bridgehead atoms. The molecule has 3 aromatic rings. The van der Waals surface area contributed by atoms with Gasteiger partial charge in [0.25, 0.3) is 0 Å². The molecular weight excluding hydrogens is 522 g/mol. The summed E-state index contributed by atoms with van der Waals surface area (Å²) in [6.07, 6.45) is 0.447. The molecule has 41 heavy (non-hydrogen) atoms. The number of benzene rings is 3. The zero-order valence-electron chi connectivity index (χ0n) is 23.1. The van der Waals surface area contributed by atoms with E-state index in [2.05, 4.69) is 46.6 Å². The van der Waals surface area contributed by atoms with Crippen LogP contribution >= 0.6 is 0 Å². The number of alkyl carbamates (subject to hydrolysis) is 1. The van der Waals surface area contributed by atoms with Crippen LogP contribution in [0.2, 0.25) is 0 Å². The Balaban J connectivity index is 1.26. The van der Waals surface area contributed by atoms with Gasteiger partial charge >= 0.3 is 12.1 Å². The van der Waals surface area contributed by atoms with Crippen LogP contribution in [0.5, 0.6) is 0 Å². The number of amides is 2. The number of nitrogens with zero attached hydrogens (tertiary/aromatic N) is 2. The van der Waals surface area contributed by atoms with E-state index in [9.17, 15) is 14.4 Å². The molecule has 9 heteroatoms. The summed E-state index contributed by atoms with van der Waals surface area (Å²) in [7, 11) is 1.39. The molecule has 1 fully saturated rings. The van der Waals surface area contributed by atoms with Crippen molar-refractivity contribution in [3.05, 3.63) is 95.6 Å². The Morgan fingerprint density at radius 1 is 0.927 bits per heavy atom. The van der Waals surface area contributed by atoms with E-state index in [4.69, 9.17) is 14.7 Å². The molecular formula is C32H35N3O6. The van der Waals surface area contributed by atoms with E-state index in [0.717, 1.165) is 33.9 Å². The topological polar surface area (TPSA) is 108 Å². The number of carbonyl (C=O) groups excluding carboxylic acids is 2. The molecule has 2 N–H and O–H groups in total. The summed E-state index contributed by atoms with van der Waals surface area (Å²) in [6.45, 7) is 1.67. The SMILES string of the molecule is CN(OCC(=O)O)C(=O)CC1(NC(=O)OCC2c3ccccc3-c3ccccc32)CCN(Cc2ccccc2)CC1. The van der Waals surface area contributed by atoms with Crippen LogP contribution in [0.1, 0.15) is 41.9 Å². The number of carboxylic acids is 1. The average molecular weight is 558 g/mol. The first-order valence-electron chi connectivity index (χ1n) is 13.8. The summed E-state index contributed by atoms with van der Waals surface area (Å²) < 4.78 is 5.81. The van der Waals surface area contributed by atoms with Gasteiger partial charge in [0.05, 0.1) is 12.0 Å². The summed E-state index contributed by atoms with van der Waals surface area (Å²) in [5, 5.41) is 12.9. The number of hydroxylamine groups is 2. The van der Waals surface area contributed by atoms with Gasteiger partial charge in [-0.3, -0.25) is 14.5 Å². The molecule has 1 heterocycles. The normalized spacial score (nSPS) is 15.9. The molecule has 0 saturated carbocycles. The van der Waals surface area contributed by atoms with Crippen molar-refractivity contribution in [3.8, 4) is 11.1 Å². The third-order valence-corrected chi connectivity index (χ3v) is 8.00. The van der Waals surface area contributed by atoms with E-state index in [1.165, 1.54) is 12.6 Å². The molecule has 3 aromatic carbocycles. The van der Waals surface area contributed by atoms with Crippen molar-refractivity contribution in [1.29, 1.82) is 0 Å². The van der Waals surface area contributed by atoms with Crippen LogP contribution in [0, 0.1) is 0 Å². The Labute approximate surface area is 239 Å². The van der Waals surface area contributed by atoms with E-state index in [1.807, 2.05) is 42.5 Å². The van der Waals surface area contributed by atoms with Gasteiger partial charge in [-0.05, 0) is 40.7 Å². The monoisotopic (exact) mass is 557 g/mol. The van der Waals surface area contributed by atoms with Crippen LogP contribution < -0.4 is 5.32 Å². The molecule has 1 aliphatic heterocycles. The van der Waals surface area contributed by atoms with Crippen LogP contribution in [0.3, 0.4) is 0 Å². The second-order valence-corrected chi connectivity index (χ2v) is 10.7. The number of hydrogen-bond donors (Lipinski definition) is 2. The second kappa shape index (κ2) is 12.5. The number of aliphatic carboxylic acids is 1. The number of hydrogen-bond acceptors (Lipinski definition) is 6. The summed E-state index contributed by atoms with van der Waals surface area (Å²) >= 11 is 0. The van der Waals surface area contributed by atoms with E-state index >= 15 is 0 Å².